The number of anilines is 2. The van der Waals surface area contributed by atoms with Gasteiger partial charge in [0, 0.05) is 16.9 Å². The Morgan fingerprint density at radius 2 is 1.09 bits per heavy atom. The SMILES string of the molecule is CCOC(=O)C1=C(C)C2[C@H]3C(=O)N(c4ccc(OCC)cc4)C(=O)[C@H]3C1(C)[C@@H]1C(=O)N(c3ccc(OCC)cc3)C(=O)[C@@H]21. The lowest BCUT2D eigenvalue weighted by molar-refractivity contribution is -0.155. The Bertz CT molecular complexity index is 1470. The highest BCUT2D eigenvalue weighted by Gasteiger charge is 2.77. The van der Waals surface area contributed by atoms with E-state index < -0.39 is 64.6 Å². The third kappa shape index (κ3) is 3.88. The molecule has 2 aliphatic heterocycles. The quantitative estimate of drug-likeness (QED) is 0.337. The molecule has 2 heterocycles. The second kappa shape index (κ2) is 10.4. The number of hydrogen-bond donors (Lipinski definition) is 0. The Morgan fingerprint density at radius 1 is 0.674 bits per heavy atom. The molecular formula is C33H34N2O8. The molecular weight excluding hydrogens is 552 g/mol. The van der Waals surface area contributed by atoms with Gasteiger partial charge in [0.05, 0.1) is 54.9 Å². The molecule has 10 nitrogen and oxygen atoms in total. The number of ether oxygens (including phenoxy) is 3. The van der Waals surface area contributed by atoms with Crippen LogP contribution in [0.2, 0.25) is 0 Å². The smallest absolute Gasteiger partial charge is 0.334 e. The van der Waals surface area contributed by atoms with E-state index in [4.69, 9.17) is 14.2 Å². The number of esters is 1. The number of rotatable bonds is 8. The van der Waals surface area contributed by atoms with E-state index in [1.54, 1.807) is 69.3 Å². The molecule has 7 rings (SSSR count). The molecule has 0 aromatic heterocycles. The Labute approximate surface area is 249 Å². The Kier molecular flexibility index (Phi) is 6.90. The van der Waals surface area contributed by atoms with Gasteiger partial charge in [0.1, 0.15) is 11.5 Å². The first-order valence-electron chi connectivity index (χ1n) is 14.7. The van der Waals surface area contributed by atoms with Crippen LogP contribution in [0.3, 0.4) is 0 Å². The van der Waals surface area contributed by atoms with E-state index in [-0.39, 0.29) is 12.2 Å². The molecule has 2 unspecified atom stereocenters. The summed E-state index contributed by atoms with van der Waals surface area (Å²) in [6.45, 7) is 9.80. The summed E-state index contributed by atoms with van der Waals surface area (Å²) in [6.07, 6.45) is 0. The van der Waals surface area contributed by atoms with Crippen LogP contribution in [-0.2, 0) is 28.7 Å². The van der Waals surface area contributed by atoms with Gasteiger partial charge in [-0.25, -0.2) is 4.79 Å². The molecule has 3 fully saturated rings. The van der Waals surface area contributed by atoms with Crippen molar-refractivity contribution >= 4 is 41.0 Å². The minimum absolute atomic E-state index is 0.0922. The Hall–Kier alpha value is -4.47. The highest BCUT2D eigenvalue weighted by Crippen LogP contribution is 2.68. The molecule has 4 amide bonds. The first-order chi connectivity index (χ1) is 20.6. The number of carbonyl (C=O) groups excluding carboxylic acids is 5. The van der Waals surface area contributed by atoms with Gasteiger partial charge in [-0.3, -0.25) is 29.0 Å². The molecule has 5 aliphatic rings. The van der Waals surface area contributed by atoms with Gasteiger partial charge in [-0.05, 0) is 76.2 Å². The summed E-state index contributed by atoms with van der Waals surface area (Å²) in [5.74, 6) is -6.07. The van der Waals surface area contributed by atoms with Crippen LogP contribution in [-0.4, -0.2) is 49.4 Å². The summed E-state index contributed by atoms with van der Waals surface area (Å²) < 4.78 is 16.5. The van der Waals surface area contributed by atoms with E-state index in [0.717, 1.165) is 9.80 Å². The topological polar surface area (TPSA) is 120 Å². The minimum Gasteiger partial charge on any atom is -0.494 e. The molecule has 43 heavy (non-hydrogen) atoms. The van der Waals surface area contributed by atoms with Crippen molar-refractivity contribution in [1.29, 1.82) is 0 Å². The fourth-order valence-corrected chi connectivity index (χ4v) is 8.03. The third-order valence-electron chi connectivity index (χ3n) is 9.49. The maximum atomic E-state index is 14.3. The summed E-state index contributed by atoms with van der Waals surface area (Å²) in [5.41, 5.74) is 0.00837. The lowest BCUT2D eigenvalue weighted by Crippen LogP contribution is -2.61. The number of nitrogens with zero attached hydrogens (tertiary/aromatic N) is 2. The van der Waals surface area contributed by atoms with E-state index in [2.05, 4.69) is 0 Å². The number of amides is 4. The average Bonchev–Trinajstić information content (AvgIpc) is 3.40. The van der Waals surface area contributed by atoms with Crippen molar-refractivity contribution in [3.05, 3.63) is 59.7 Å². The third-order valence-corrected chi connectivity index (χ3v) is 9.49. The zero-order valence-electron chi connectivity index (χ0n) is 24.8. The van der Waals surface area contributed by atoms with Crippen LogP contribution in [0.25, 0.3) is 0 Å². The highest BCUT2D eigenvalue weighted by molar-refractivity contribution is 6.27. The Morgan fingerprint density at radius 3 is 1.47 bits per heavy atom. The molecule has 0 radical (unpaired) electrons. The number of allylic oxidation sites excluding steroid dienone is 1. The van der Waals surface area contributed by atoms with Crippen molar-refractivity contribution < 1.29 is 38.2 Å². The highest BCUT2D eigenvalue weighted by atomic mass is 16.5. The number of imide groups is 2. The summed E-state index contributed by atoms with van der Waals surface area (Å²) >= 11 is 0. The van der Waals surface area contributed by atoms with Crippen molar-refractivity contribution in [3.8, 4) is 11.5 Å². The monoisotopic (exact) mass is 586 g/mol. The van der Waals surface area contributed by atoms with Crippen molar-refractivity contribution in [2.75, 3.05) is 29.6 Å². The van der Waals surface area contributed by atoms with E-state index in [0.29, 0.717) is 41.7 Å². The van der Waals surface area contributed by atoms with E-state index in [9.17, 15) is 24.0 Å². The number of benzene rings is 2. The predicted octanol–water partition coefficient (Wildman–Crippen LogP) is 3.92. The van der Waals surface area contributed by atoms with Crippen molar-refractivity contribution in [2.45, 2.75) is 34.6 Å². The fraction of sp³-hybridized carbons (Fsp3) is 0.424. The molecule has 1 saturated carbocycles. The minimum atomic E-state index is -1.46. The zero-order chi connectivity index (χ0) is 30.8. The van der Waals surface area contributed by atoms with E-state index in [1.165, 1.54) is 0 Å². The first kappa shape index (κ1) is 28.6. The molecule has 224 valence electrons. The van der Waals surface area contributed by atoms with Gasteiger partial charge in [0.25, 0.3) is 0 Å². The molecule has 0 N–H and O–H groups in total. The molecule has 2 aromatic rings. The summed E-state index contributed by atoms with van der Waals surface area (Å²) in [7, 11) is 0. The fourth-order valence-electron chi connectivity index (χ4n) is 8.03. The summed E-state index contributed by atoms with van der Waals surface area (Å²) in [5, 5.41) is 0. The molecule has 2 saturated heterocycles. The average molecular weight is 587 g/mol. The van der Waals surface area contributed by atoms with E-state index in [1.807, 2.05) is 13.8 Å². The molecule has 10 heteroatoms. The van der Waals surface area contributed by atoms with Crippen molar-refractivity contribution in [1.82, 2.24) is 0 Å². The molecule has 2 bridgehead atoms. The standard InChI is InChI=1S/C33H34N2O8/c1-6-41-20-13-9-18(10-14-20)34-28(36)23-22-17(4)25(32(40)43-8-3)33(5,26(23)30(34)38)27-24(22)29(37)35(31(27)39)19-11-15-21(16-12-19)42-7-2/h9-16,22-24,26-27H,6-8H2,1-5H3/t22?,23-,24+,26-,27-,33?/m0/s1. The lowest BCUT2D eigenvalue weighted by Gasteiger charge is -2.55. The Balaban J connectivity index is 1.47. The number of hydrogen-bond acceptors (Lipinski definition) is 8. The normalized spacial score (nSPS) is 29.3. The van der Waals surface area contributed by atoms with Crippen molar-refractivity contribution in [2.24, 2.45) is 35.0 Å². The van der Waals surface area contributed by atoms with Crippen LogP contribution in [0.4, 0.5) is 11.4 Å². The maximum absolute atomic E-state index is 14.3. The molecule has 6 atom stereocenters. The van der Waals surface area contributed by atoms with Crippen LogP contribution in [0.5, 0.6) is 11.5 Å². The van der Waals surface area contributed by atoms with Gasteiger partial charge in [-0.2, -0.15) is 0 Å². The number of carbonyl (C=O) groups is 5. The molecule has 2 aromatic carbocycles. The van der Waals surface area contributed by atoms with Crippen LogP contribution >= 0.6 is 0 Å². The van der Waals surface area contributed by atoms with Gasteiger partial charge in [-0.1, -0.05) is 12.5 Å². The van der Waals surface area contributed by atoms with Gasteiger partial charge >= 0.3 is 5.97 Å². The van der Waals surface area contributed by atoms with Gasteiger partial charge < -0.3 is 14.2 Å². The first-order valence-corrected chi connectivity index (χ1v) is 14.7. The molecule has 3 aliphatic carbocycles. The van der Waals surface area contributed by atoms with E-state index >= 15 is 0 Å². The van der Waals surface area contributed by atoms with Gasteiger partial charge in [0.15, 0.2) is 0 Å². The molecule has 0 spiro atoms. The van der Waals surface area contributed by atoms with Crippen LogP contribution in [0, 0.1) is 35.0 Å². The largest absolute Gasteiger partial charge is 0.494 e. The lowest BCUT2D eigenvalue weighted by atomic mass is 9.43. The summed E-state index contributed by atoms with van der Waals surface area (Å²) in [4.78, 5) is 72.7. The summed E-state index contributed by atoms with van der Waals surface area (Å²) in [6, 6.07) is 13.3. The van der Waals surface area contributed by atoms with Crippen LogP contribution in [0.1, 0.15) is 34.6 Å². The van der Waals surface area contributed by atoms with Gasteiger partial charge in [0.2, 0.25) is 23.6 Å². The van der Waals surface area contributed by atoms with Crippen molar-refractivity contribution in [3.63, 3.8) is 0 Å². The van der Waals surface area contributed by atoms with Crippen LogP contribution < -0.4 is 19.3 Å². The second-order valence-electron chi connectivity index (χ2n) is 11.5. The zero-order valence-corrected chi connectivity index (χ0v) is 24.8. The van der Waals surface area contributed by atoms with Crippen LogP contribution in [0.15, 0.2) is 59.7 Å². The predicted molar refractivity (Wildman–Crippen MR) is 155 cm³/mol. The van der Waals surface area contributed by atoms with Gasteiger partial charge in [-0.15, -0.1) is 0 Å². The second-order valence-corrected chi connectivity index (χ2v) is 11.5. The maximum Gasteiger partial charge on any atom is 0.334 e.